The van der Waals surface area contributed by atoms with Crippen LogP contribution in [0.25, 0.3) is 0 Å². The van der Waals surface area contributed by atoms with E-state index in [9.17, 15) is 19.5 Å². The molecule has 2 aromatic rings. The van der Waals surface area contributed by atoms with Crippen molar-refractivity contribution in [3.8, 4) is 0 Å². The molecule has 1 unspecified atom stereocenters. The van der Waals surface area contributed by atoms with Crippen molar-refractivity contribution in [3.63, 3.8) is 0 Å². The van der Waals surface area contributed by atoms with Crippen LogP contribution < -0.4 is 0 Å². The standard InChI is InChI=1S/C23H23NO4/c1-15-6-8-16(9-7-15)20(25)17-4-2-3-5-18(17)21(26)24-12-10-23(11-13-24)14-19(23)22(27)28/h2-9,19H,10-14H2,1H3,(H,27,28). The van der Waals surface area contributed by atoms with Gasteiger partial charge in [0.05, 0.1) is 11.5 Å². The molecule has 1 saturated carbocycles. The van der Waals surface area contributed by atoms with Gasteiger partial charge in [-0.2, -0.15) is 0 Å². The topological polar surface area (TPSA) is 74.7 Å². The Bertz CT molecular complexity index is 939. The van der Waals surface area contributed by atoms with Crippen molar-refractivity contribution < 1.29 is 19.5 Å². The molecule has 1 atom stereocenters. The summed E-state index contributed by atoms with van der Waals surface area (Å²) in [7, 11) is 0. The molecule has 28 heavy (non-hydrogen) atoms. The smallest absolute Gasteiger partial charge is 0.307 e. The lowest BCUT2D eigenvalue weighted by molar-refractivity contribution is -0.139. The molecule has 2 aromatic carbocycles. The molecule has 1 amide bonds. The van der Waals surface area contributed by atoms with Gasteiger partial charge < -0.3 is 10.0 Å². The minimum atomic E-state index is -0.728. The molecule has 0 bridgehead atoms. The van der Waals surface area contributed by atoms with Crippen molar-refractivity contribution in [1.82, 2.24) is 4.90 Å². The van der Waals surface area contributed by atoms with E-state index in [1.165, 1.54) is 0 Å². The number of likely N-dealkylation sites (tertiary alicyclic amines) is 1. The Kier molecular flexibility index (Phi) is 4.53. The molecule has 1 N–H and O–H groups in total. The van der Waals surface area contributed by atoms with Gasteiger partial charge in [0.15, 0.2) is 5.78 Å². The Hall–Kier alpha value is -2.95. The van der Waals surface area contributed by atoms with Gasteiger partial charge in [0.2, 0.25) is 0 Å². The number of piperidine rings is 1. The van der Waals surface area contributed by atoms with Crippen LogP contribution in [0.4, 0.5) is 0 Å². The van der Waals surface area contributed by atoms with Crippen LogP contribution in [-0.4, -0.2) is 40.8 Å². The minimum absolute atomic E-state index is 0.125. The third-order valence-electron chi connectivity index (χ3n) is 6.25. The molecular formula is C23H23NO4. The molecule has 0 radical (unpaired) electrons. The van der Waals surface area contributed by atoms with Crippen LogP contribution in [0.3, 0.4) is 0 Å². The Morgan fingerprint density at radius 2 is 1.57 bits per heavy atom. The maximum absolute atomic E-state index is 13.1. The van der Waals surface area contributed by atoms with E-state index in [1.807, 2.05) is 19.1 Å². The van der Waals surface area contributed by atoms with Crippen LogP contribution in [0, 0.1) is 18.3 Å². The number of rotatable bonds is 4. The highest BCUT2D eigenvalue weighted by atomic mass is 16.4. The number of carbonyl (C=O) groups is 3. The fourth-order valence-electron chi connectivity index (χ4n) is 4.30. The number of aryl methyl sites for hydroxylation is 1. The molecule has 2 aliphatic rings. The SMILES string of the molecule is Cc1ccc(C(=O)c2ccccc2C(=O)N2CCC3(CC2)CC3C(=O)O)cc1. The van der Waals surface area contributed by atoms with E-state index in [-0.39, 0.29) is 23.0 Å². The van der Waals surface area contributed by atoms with Crippen molar-refractivity contribution >= 4 is 17.7 Å². The number of amides is 1. The quantitative estimate of drug-likeness (QED) is 0.827. The number of carboxylic acids is 1. The van der Waals surface area contributed by atoms with Gasteiger partial charge in [0, 0.05) is 24.2 Å². The fraction of sp³-hybridized carbons (Fsp3) is 0.348. The van der Waals surface area contributed by atoms with Gasteiger partial charge in [-0.1, -0.05) is 48.0 Å². The number of nitrogens with zero attached hydrogens (tertiary/aromatic N) is 1. The van der Waals surface area contributed by atoms with E-state index in [0.29, 0.717) is 49.0 Å². The van der Waals surface area contributed by atoms with Crippen molar-refractivity contribution in [1.29, 1.82) is 0 Å². The lowest BCUT2D eigenvalue weighted by Gasteiger charge is -2.33. The summed E-state index contributed by atoms with van der Waals surface area (Å²) >= 11 is 0. The average molecular weight is 377 g/mol. The molecular weight excluding hydrogens is 354 g/mol. The molecule has 4 rings (SSSR count). The average Bonchev–Trinajstić information content (AvgIpc) is 3.42. The highest BCUT2D eigenvalue weighted by molar-refractivity contribution is 6.15. The van der Waals surface area contributed by atoms with Crippen molar-refractivity contribution in [2.45, 2.75) is 26.2 Å². The molecule has 1 heterocycles. The van der Waals surface area contributed by atoms with Gasteiger partial charge in [-0.3, -0.25) is 14.4 Å². The predicted octanol–water partition coefficient (Wildman–Crippen LogP) is 3.55. The minimum Gasteiger partial charge on any atom is -0.481 e. The molecule has 144 valence electrons. The van der Waals surface area contributed by atoms with Crippen LogP contribution >= 0.6 is 0 Å². The van der Waals surface area contributed by atoms with Crippen LogP contribution in [-0.2, 0) is 4.79 Å². The van der Waals surface area contributed by atoms with E-state index < -0.39 is 5.97 Å². The Morgan fingerprint density at radius 1 is 0.964 bits per heavy atom. The van der Waals surface area contributed by atoms with Crippen molar-refractivity contribution in [2.24, 2.45) is 11.3 Å². The first-order valence-electron chi connectivity index (χ1n) is 9.64. The van der Waals surface area contributed by atoms with Gasteiger partial charge in [-0.15, -0.1) is 0 Å². The zero-order chi connectivity index (χ0) is 19.9. The number of hydrogen-bond donors (Lipinski definition) is 1. The molecule has 1 spiro atoms. The highest BCUT2D eigenvalue weighted by Crippen LogP contribution is 2.59. The third-order valence-corrected chi connectivity index (χ3v) is 6.25. The fourth-order valence-corrected chi connectivity index (χ4v) is 4.30. The first kappa shape index (κ1) is 18.4. The normalized spacial score (nSPS) is 20.0. The van der Waals surface area contributed by atoms with Gasteiger partial charge in [-0.05, 0) is 37.7 Å². The van der Waals surface area contributed by atoms with Gasteiger partial charge in [0.25, 0.3) is 5.91 Å². The summed E-state index contributed by atoms with van der Waals surface area (Å²) < 4.78 is 0. The predicted molar refractivity (Wildman–Crippen MR) is 104 cm³/mol. The van der Waals surface area contributed by atoms with Gasteiger partial charge in [-0.25, -0.2) is 0 Å². The number of carboxylic acid groups (broad SMARTS) is 1. The number of hydrogen-bond acceptors (Lipinski definition) is 3. The zero-order valence-corrected chi connectivity index (χ0v) is 15.9. The van der Waals surface area contributed by atoms with Gasteiger partial charge >= 0.3 is 5.97 Å². The summed E-state index contributed by atoms with van der Waals surface area (Å²) in [5, 5.41) is 9.23. The second kappa shape index (κ2) is 6.89. The Morgan fingerprint density at radius 3 is 2.14 bits per heavy atom. The summed E-state index contributed by atoms with van der Waals surface area (Å²) in [4.78, 5) is 39.1. The molecule has 0 aromatic heterocycles. The van der Waals surface area contributed by atoms with E-state index in [2.05, 4.69) is 0 Å². The van der Waals surface area contributed by atoms with Crippen LogP contribution in [0.1, 0.15) is 51.1 Å². The van der Waals surface area contributed by atoms with Crippen LogP contribution in [0.2, 0.25) is 0 Å². The van der Waals surface area contributed by atoms with Crippen molar-refractivity contribution in [3.05, 3.63) is 70.8 Å². The Labute approximate surface area is 164 Å². The maximum Gasteiger partial charge on any atom is 0.307 e. The second-order valence-electron chi connectivity index (χ2n) is 7.99. The highest BCUT2D eigenvalue weighted by Gasteiger charge is 2.59. The molecule has 2 fully saturated rings. The third kappa shape index (κ3) is 3.21. The molecule has 1 aliphatic heterocycles. The monoisotopic (exact) mass is 377 g/mol. The number of ketones is 1. The largest absolute Gasteiger partial charge is 0.481 e. The second-order valence-corrected chi connectivity index (χ2v) is 7.99. The summed E-state index contributed by atoms with van der Waals surface area (Å²) in [6.45, 7) is 3.04. The van der Waals surface area contributed by atoms with Crippen LogP contribution in [0.5, 0.6) is 0 Å². The number of aliphatic carboxylic acids is 1. The molecule has 1 aliphatic carbocycles. The molecule has 5 heteroatoms. The summed E-state index contributed by atoms with van der Waals surface area (Å²) in [5.41, 5.74) is 2.33. The maximum atomic E-state index is 13.1. The summed E-state index contributed by atoms with van der Waals surface area (Å²) in [6.07, 6.45) is 2.14. The zero-order valence-electron chi connectivity index (χ0n) is 15.9. The first-order valence-corrected chi connectivity index (χ1v) is 9.64. The molecule has 1 saturated heterocycles. The number of benzene rings is 2. The van der Waals surface area contributed by atoms with E-state index in [0.717, 1.165) is 5.56 Å². The van der Waals surface area contributed by atoms with Gasteiger partial charge in [0.1, 0.15) is 0 Å². The lowest BCUT2D eigenvalue weighted by Crippen LogP contribution is -2.40. The summed E-state index contributed by atoms with van der Waals surface area (Å²) in [6, 6.07) is 14.3. The van der Waals surface area contributed by atoms with E-state index in [4.69, 9.17) is 0 Å². The molecule has 5 nitrogen and oxygen atoms in total. The van der Waals surface area contributed by atoms with E-state index in [1.54, 1.807) is 41.3 Å². The van der Waals surface area contributed by atoms with E-state index >= 15 is 0 Å². The van der Waals surface area contributed by atoms with Crippen molar-refractivity contribution in [2.75, 3.05) is 13.1 Å². The summed E-state index contributed by atoms with van der Waals surface area (Å²) in [5.74, 6) is -1.31. The first-order chi connectivity index (χ1) is 13.4. The lowest BCUT2D eigenvalue weighted by atomic mass is 9.90. The van der Waals surface area contributed by atoms with Crippen LogP contribution in [0.15, 0.2) is 48.5 Å². The number of carbonyl (C=O) groups excluding carboxylic acids is 2. The Balaban J connectivity index is 1.52.